The van der Waals surface area contributed by atoms with E-state index in [1.54, 1.807) is 0 Å². The van der Waals surface area contributed by atoms with E-state index in [2.05, 4.69) is 10.3 Å². The molecular weight excluding hydrogens is 148 g/mol. The second kappa shape index (κ2) is 3.16. The lowest BCUT2D eigenvalue weighted by Crippen LogP contribution is -2.31. The van der Waals surface area contributed by atoms with Gasteiger partial charge in [-0.25, -0.2) is 9.79 Å². The molecule has 60 valence electrons. The van der Waals surface area contributed by atoms with Crippen LogP contribution in [0, 0.1) is 0 Å². The van der Waals surface area contributed by atoms with Gasteiger partial charge < -0.3 is 15.2 Å². The van der Waals surface area contributed by atoms with Gasteiger partial charge in [-0.2, -0.15) is 0 Å². The summed E-state index contributed by atoms with van der Waals surface area (Å²) in [7, 11) is 1.50. The normalized spacial score (nSPS) is 22.3. The Morgan fingerprint density at radius 2 is 2.64 bits per heavy atom. The highest BCUT2D eigenvalue weighted by molar-refractivity contribution is 5.89. The van der Waals surface area contributed by atoms with Crippen LogP contribution in [-0.4, -0.2) is 30.6 Å². The summed E-state index contributed by atoms with van der Waals surface area (Å²) in [5.41, 5.74) is -0.0155. The molecule has 0 saturated heterocycles. The zero-order chi connectivity index (χ0) is 8.27. The summed E-state index contributed by atoms with van der Waals surface area (Å²) in [4.78, 5) is 13.9. The third kappa shape index (κ3) is 1.78. The molecule has 0 spiro atoms. The van der Waals surface area contributed by atoms with Crippen LogP contribution in [0.15, 0.2) is 16.9 Å². The molecule has 11 heavy (non-hydrogen) atoms. The van der Waals surface area contributed by atoms with Gasteiger partial charge in [-0.15, -0.1) is 0 Å². The number of hydrogen-bond donors (Lipinski definition) is 2. The van der Waals surface area contributed by atoms with Crippen LogP contribution in [0.25, 0.3) is 0 Å². The lowest BCUT2D eigenvalue weighted by Gasteiger charge is -2.13. The molecule has 0 aromatic heterocycles. The first-order valence-electron chi connectivity index (χ1n) is 3.00. The highest BCUT2D eigenvalue weighted by Crippen LogP contribution is 1.99. The first-order valence-corrected chi connectivity index (χ1v) is 3.00. The maximum absolute atomic E-state index is 10.3. The van der Waals surface area contributed by atoms with Crippen LogP contribution in [0.3, 0.4) is 0 Å². The number of ether oxygens (including phenoxy) is 1. The fourth-order valence-electron chi connectivity index (χ4n) is 0.635. The summed E-state index contributed by atoms with van der Waals surface area (Å²) < 4.78 is 4.82. The summed E-state index contributed by atoms with van der Waals surface area (Å²) in [6, 6.07) is 0. The minimum absolute atomic E-state index is 0.0155. The van der Waals surface area contributed by atoms with Crippen LogP contribution in [-0.2, 0) is 9.53 Å². The van der Waals surface area contributed by atoms with E-state index >= 15 is 0 Å². The number of hydrogen-bond acceptors (Lipinski definition) is 4. The lowest BCUT2D eigenvalue weighted by atomic mass is 10.4. The van der Waals surface area contributed by atoms with Gasteiger partial charge >= 0.3 is 5.97 Å². The van der Waals surface area contributed by atoms with Gasteiger partial charge in [-0.1, -0.05) is 0 Å². The summed E-state index contributed by atoms with van der Waals surface area (Å²) in [6.45, 7) is 0. The van der Waals surface area contributed by atoms with Gasteiger partial charge in [0.25, 0.3) is 0 Å². The molecule has 0 aromatic rings. The van der Waals surface area contributed by atoms with Gasteiger partial charge in [0.15, 0.2) is 11.9 Å². The Kier molecular flexibility index (Phi) is 2.22. The average Bonchev–Trinajstić information content (AvgIpc) is 2.05. The average molecular weight is 156 g/mol. The van der Waals surface area contributed by atoms with Crippen molar-refractivity contribution in [1.29, 1.82) is 0 Å². The predicted octanol–water partition coefficient (Wildman–Crippen LogP) is -0.441. The fourth-order valence-corrected chi connectivity index (χ4v) is 0.635. The Morgan fingerprint density at radius 1 is 1.91 bits per heavy atom. The molecule has 0 fully saturated rings. The molecule has 1 aliphatic rings. The van der Waals surface area contributed by atoms with E-state index in [1.807, 2.05) is 0 Å². The summed E-state index contributed by atoms with van der Waals surface area (Å²) in [6.07, 6.45) is 2.37. The zero-order valence-electron chi connectivity index (χ0n) is 5.94. The largest absolute Gasteiger partial charge is 0.476 e. The van der Waals surface area contributed by atoms with E-state index in [1.165, 1.54) is 19.5 Å². The summed E-state index contributed by atoms with van der Waals surface area (Å²) in [5.74, 6) is -1.05. The molecule has 5 heteroatoms. The van der Waals surface area contributed by atoms with Crippen molar-refractivity contribution in [3.8, 4) is 0 Å². The van der Waals surface area contributed by atoms with Crippen molar-refractivity contribution in [3.63, 3.8) is 0 Å². The van der Waals surface area contributed by atoms with Gasteiger partial charge in [0.2, 0.25) is 0 Å². The predicted molar refractivity (Wildman–Crippen MR) is 38.1 cm³/mol. The molecule has 0 bridgehead atoms. The molecule has 1 heterocycles. The van der Waals surface area contributed by atoms with E-state index in [4.69, 9.17) is 9.84 Å². The molecular formula is C6H8N2O3. The van der Waals surface area contributed by atoms with Crippen molar-refractivity contribution in [2.24, 2.45) is 4.99 Å². The Balaban J connectivity index is 2.60. The van der Waals surface area contributed by atoms with E-state index in [0.29, 0.717) is 0 Å². The smallest absolute Gasteiger partial charge is 0.355 e. The number of carbonyl (C=O) groups is 1. The standard InChI is InChI=1S/C6H8N2O3/c1-11-5-3-7-4(2-8-5)6(9)10/h2-3,5,8H,1H3,(H,9,10). The van der Waals surface area contributed by atoms with Crippen molar-refractivity contribution in [1.82, 2.24) is 5.32 Å². The maximum Gasteiger partial charge on any atom is 0.355 e. The van der Waals surface area contributed by atoms with Crippen LogP contribution < -0.4 is 5.32 Å². The number of methoxy groups -OCH3 is 1. The number of nitrogens with zero attached hydrogens (tertiary/aromatic N) is 1. The Morgan fingerprint density at radius 3 is 3.00 bits per heavy atom. The maximum atomic E-state index is 10.3. The molecule has 0 saturated carbocycles. The molecule has 0 aliphatic carbocycles. The highest BCUT2D eigenvalue weighted by atomic mass is 16.5. The van der Waals surface area contributed by atoms with Crippen LogP contribution in [0.1, 0.15) is 0 Å². The Bertz CT molecular complexity index is 222. The van der Waals surface area contributed by atoms with Crippen LogP contribution in [0.2, 0.25) is 0 Å². The topological polar surface area (TPSA) is 70.9 Å². The zero-order valence-corrected chi connectivity index (χ0v) is 5.94. The van der Waals surface area contributed by atoms with Crippen LogP contribution >= 0.6 is 0 Å². The third-order valence-corrected chi connectivity index (χ3v) is 1.21. The van der Waals surface area contributed by atoms with Crippen LogP contribution in [0.5, 0.6) is 0 Å². The molecule has 1 aliphatic heterocycles. The number of aliphatic imine (C=N–C) groups is 1. The monoisotopic (exact) mass is 156 g/mol. The van der Waals surface area contributed by atoms with Crippen molar-refractivity contribution in [3.05, 3.63) is 11.9 Å². The number of rotatable bonds is 2. The van der Waals surface area contributed by atoms with Gasteiger partial charge in [0.05, 0.1) is 6.21 Å². The first kappa shape index (κ1) is 7.74. The molecule has 0 aromatic carbocycles. The molecule has 5 nitrogen and oxygen atoms in total. The molecule has 0 amide bonds. The minimum atomic E-state index is -1.05. The number of carboxylic acids is 1. The SMILES string of the molecule is COC1C=NC(C(=O)O)=CN1. The van der Waals surface area contributed by atoms with Gasteiger partial charge in [-0.05, 0) is 0 Å². The fraction of sp³-hybridized carbons (Fsp3) is 0.333. The van der Waals surface area contributed by atoms with Crippen molar-refractivity contribution in [2.75, 3.05) is 7.11 Å². The van der Waals surface area contributed by atoms with Gasteiger partial charge in [-0.3, -0.25) is 0 Å². The minimum Gasteiger partial charge on any atom is -0.476 e. The van der Waals surface area contributed by atoms with Crippen molar-refractivity contribution in [2.45, 2.75) is 6.23 Å². The summed E-state index contributed by atoms with van der Waals surface area (Å²) in [5, 5.41) is 11.1. The third-order valence-electron chi connectivity index (χ3n) is 1.21. The van der Waals surface area contributed by atoms with Crippen molar-refractivity contribution < 1.29 is 14.6 Å². The highest BCUT2D eigenvalue weighted by Gasteiger charge is 2.11. The van der Waals surface area contributed by atoms with E-state index in [9.17, 15) is 4.79 Å². The van der Waals surface area contributed by atoms with Crippen LogP contribution in [0.4, 0.5) is 0 Å². The Labute approximate surface area is 63.4 Å². The van der Waals surface area contributed by atoms with E-state index in [-0.39, 0.29) is 11.9 Å². The molecule has 1 atom stereocenters. The molecule has 1 rings (SSSR count). The second-order valence-electron chi connectivity index (χ2n) is 1.94. The quantitative estimate of drug-likeness (QED) is 0.568. The van der Waals surface area contributed by atoms with E-state index in [0.717, 1.165) is 0 Å². The molecule has 2 N–H and O–H groups in total. The molecule has 1 unspecified atom stereocenters. The first-order chi connectivity index (χ1) is 5.24. The summed E-state index contributed by atoms with van der Waals surface area (Å²) >= 11 is 0. The van der Waals surface area contributed by atoms with E-state index < -0.39 is 5.97 Å². The lowest BCUT2D eigenvalue weighted by molar-refractivity contribution is -0.132. The second-order valence-corrected chi connectivity index (χ2v) is 1.94. The van der Waals surface area contributed by atoms with Gasteiger partial charge in [0, 0.05) is 13.3 Å². The number of nitrogens with one attached hydrogen (secondary N) is 1. The van der Waals surface area contributed by atoms with Gasteiger partial charge in [0.1, 0.15) is 0 Å². The molecule has 0 radical (unpaired) electrons. The number of aliphatic carboxylic acids is 1. The Hall–Kier alpha value is -1.36. The number of carboxylic acid groups (broad SMARTS) is 1. The van der Waals surface area contributed by atoms with Crippen molar-refractivity contribution >= 4 is 12.2 Å².